The number of nitrogens with one attached hydrogen (secondary N) is 2. The van der Waals surface area contributed by atoms with E-state index in [2.05, 4.69) is 15.7 Å². The lowest BCUT2D eigenvalue weighted by molar-refractivity contribution is -0.139. The van der Waals surface area contributed by atoms with Crippen LogP contribution in [0.3, 0.4) is 0 Å². The molecule has 9 nitrogen and oxygen atoms in total. The maximum absolute atomic E-state index is 13.2. The number of carboxylic acid groups (broad SMARTS) is 1. The molecule has 2 unspecified atom stereocenters. The summed E-state index contributed by atoms with van der Waals surface area (Å²) in [6, 6.07) is 20.0. The number of halogens is 1. The van der Waals surface area contributed by atoms with Gasteiger partial charge in [-0.2, -0.15) is 5.10 Å². The van der Waals surface area contributed by atoms with Crippen LogP contribution in [0.25, 0.3) is 11.3 Å². The quantitative estimate of drug-likeness (QED) is 0.264. The van der Waals surface area contributed by atoms with Crippen molar-refractivity contribution in [2.75, 3.05) is 5.32 Å². The molecule has 0 bridgehead atoms. The van der Waals surface area contributed by atoms with Crippen LogP contribution in [0, 0.1) is 12.7 Å². The second-order valence-corrected chi connectivity index (χ2v) is 9.29. The van der Waals surface area contributed by atoms with Crippen molar-refractivity contribution in [3.8, 4) is 11.3 Å². The van der Waals surface area contributed by atoms with Crippen molar-refractivity contribution in [2.24, 2.45) is 7.05 Å². The maximum Gasteiger partial charge on any atom is 0.412 e. The van der Waals surface area contributed by atoms with Gasteiger partial charge in [0.2, 0.25) is 0 Å². The molecule has 10 heteroatoms. The van der Waals surface area contributed by atoms with Crippen molar-refractivity contribution in [1.29, 1.82) is 0 Å². The molecular formula is C30H29FN4O5. The number of aromatic nitrogens is 2. The van der Waals surface area contributed by atoms with Crippen molar-refractivity contribution in [1.82, 2.24) is 15.1 Å². The number of aryl methyl sites for hydroxylation is 1. The summed E-state index contributed by atoms with van der Waals surface area (Å²) in [5.41, 5.74) is 3.96. The van der Waals surface area contributed by atoms with E-state index in [1.54, 1.807) is 42.9 Å². The van der Waals surface area contributed by atoms with Gasteiger partial charge in [0, 0.05) is 24.6 Å². The fraction of sp³-hybridized carbons (Fsp3) is 0.200. The van der Waals surface area contributed by atoms with Crippen molar-refractivity contribution >= 4 is 23.7 Å². The molecule has 4 rings (SSSR count). The van der Waals surface area contributed by atoms with Gasteiger partial charge in [0.05, 0.1) is 11.4 Å². The van der Waals surface area contributed by atoms with Crippen LogP contribution in [-0.2, 0) is 23.0 Å². The highest BCUT2D eigenvalue weighted by Gasteiger charge is 2.23. The SMILES string of the molecule is Cc1c(NC(=O)OC(C)c2ccccc2)c(-c2ccc(C(=O)NC(Cc3ccc(F)cc3)C(=O)O)cc2)nn1C. The van der Waals surface area contributed by atoms with Crippen LogP contribution in [-0.4, -0.2) is 38.9 Å². The Morgan fingerprint density at radius 1 is 1.00 bits per heavy atom. The molecule has 1 aromatic heterocycles. The van der Waals surface area contributed by atoms with Crippen molar-refractivity contribution in [3.63, 3.8) is 0 Å². The molecule has 0 spiro atoms. The average Bonchev–Trinajstić information content (AvgIpc) is 3.22. The number of anilines is 1. The standard InChI is InChI=1S/C30H29FN4O5/c1-18-26(33-30(39)40-19(2)21-7-5-4-6-8-21)27(34-35(18)3)22-11-13-23(14-12-22)28(36)32-25(29(37)38)17-20-9-15-24(31)16-10-20/h4-16,19,25H,17H2,1-3H3,(H,32,36)(H,33,39)(H,37,38). The van der Waals surface area contributed by atoms with Gasteiger partial charge < -0.3 is 15.2 Å². The zero-order valence-corrected chi connectivity index (χ0v) is 22.2. The molecule has 3 N–H and O–H groups in total. The van der Waals surface area contributed by atoms with Crippen LogP contribution >= 0.6 is 0 Å². The summed E-state index contributed by atoms with van der Waals surface area (Å²) in [5.74, 6) is -2.21. The Balaban J connectivity index is 1.46. The predicted octanol–water partition coefficient (Wildman–Crippen LogP) is 5.27. The second-order valence-electron chi connectivity index (χ2n) is 9.29. The smallest absolute Gasteiger partial charge is 0.412 e. The lowest BCUT2D eigenvalue weighted by Crippen LogP contribution is -2.42. The minimum Gasteiger partial charge on any atom is -0.480 e. The number of carboxylic acids is 1. The number of ether oxygens (including phenoxy) is 1. The number of rotatable bonds is 9. The zero-order chi connectivity index (χ0) is 28.8. The van der Waals surface area contributed by atoms with E-state index < -0.39 is 35.9 Å². The Hall–Kier alpha value is -4.99. The molecule has 2 amide bonds. The monoisotopic (exact) mass is 544 g/mol. The first-order valence-electron chi connectivity index (χ1n) is 12.6. The van der Waals surface area contributed by atoms with Gasteiger partial charge in [-0.3, -0.25) is 14.8 Å². The molecule has 0 saturated heterocycles. The van der Waals surface area contributed by atoms with Gasteiger partial charge in [0.1, 0.15) is 23.7 Å². The molecule has 0 fully saturated rings. The first-order valence-corrected chi connectivity index (χ1v) is 12.6. The maximum atomic E-state index is 13.2. The van der Waals surface area contributed by atoms with Crippen LogP contribution in [0.1, 0.15) is 40.2 Å². The fourth-order valence-corrected chi connectivity index (χ4v) is 4.12. The molecule has 3 aromatic carbocycles. The highest BCUT2D eigenvalue weighted by Crippen LogP contribution is 2.30. The normalized spacial score (nSPS) is 12.3. The number of hydrogen-bond acceptors (Lipinski definition) is 5. The first kappa shape index (κ1) is 28.0. The molecule has 0 aliphatic rings. The molecular weight excluding hydrogens is 515 g/mol. The third kappa shape index (κ3) is 6.71. The summed E-state index contributed by atoms with van der Waals surface area (Å²) in [5, 5.41) is 19.4. The minimum atomic E-state index is -1.21. The molecule has 40 heavy (non-hydrogen) atoms. The minimum absolute atomic E-state index is 0.000662. The van der Waals surface area contributed by atoms with Gasteiger partial charge >= 0.3 is 12.1 Å². The van der Waals surface area contributed by atoms with Crippen molar-refractivity contribution in [2.45, 2.75) is 32.4 Å². The summed E-state index contributed by atoms with van der Waals surface area (Å²) in [6.07, 6.45) is -1.09. The zero-order valence-electron chi connectivity index (χ0n) is 22.2. The van der Waals surface area contributed by atoms with Gasteiger partial charge in [0.25, 0.3) is 5.91 Å². The van der Waals surface area contributed by atoms with E-state index in [4.69, 9.17) is 4.74 Å². The van der Waals surface area contributed by atoms with E-state index in [0.717, 1.165) is 5.56 Å². The number of hydrogen-bond donors (Lipinski definition) is 3. The van der Waals surface area contributed by atoms with E-state index in [1.807, 2.05) is 37.3 Å². The largest absolute Gasteiger partial charge is 0.480 e. The van der Waals surface area contributed by atoms with E-state index in [1.165, 1.54) is 24.3 Å². The van der Waals surface area contributed by atoms with E-state index >= 15 is 0 Å². The molecule has 0 aliphatic carbocycles. The lowest BCUT2D eigenvalue weighted by Gasteiger charge is -2.15. The Kier molecular flexibility index (Phi) is 8.58. The highest BCUT2D eigenvalue weighted by molar-refractivity contribution is 5.97. The molecule has 0 radical (unpaired) electrons. The summed E-state index contributed by atoms with van der Waals surface area (Å²) in [7, 11) is 1.75. The molecule has 0 saturated carbocycles. The van der Waals surface area contributed by atoms with Crippen molar-refractivity contribution in [3.05, 3.63) is 107 Å². The molecule has 1 heterocycles. The van der Waals surface area contributed by atoms with Gasteiger partial charge in [0.15, 0.2) is 0 Å². The van der Waals surface area contributed by atoms with E-state index in [9.17, 15) is 23.9 Å². The number of nitrogens with zero attached hydrogens (tertiary/aromatic N) is 2. The first-order chi connectivity index (χ1) is 19.1. The van der Waals surface area contributed by atoms with Gasteiger partial charge in [-0.1, -0.05) is 54.6 Å². The third-order valence-electron chi connectivity index (χ3n) is 6.49. The summed E-state index contributed by atoms with van der Waals surface area (Å²) < 4.78 is 20.3. The average molecular weight is 545 g/mol. The molecule has 206 valence electrons. The lowest BCUT2D eigenvalue weighted by atomic mass is 10.0. The molecule has 2 atom stereocenters. The number of amides is 2. The van der Waals surface area contributed by atoms with Gasteiger partial charge in [-0.15, -0.1) is 0 Å². The van der Waals surface area contributed by atoms with Crippen LogP contribution in [0.5, 0.6) is 0 Å². The van der Waals surface area contributed by atoms with Crippen LogP contribution in [0.15, 0.2) is 78.9 Å². The third-order valence-corrected chi connectivity index (χ3v) is 6.49. The summed E-state index contributed by atoms with van der Waals surface area (Å²) in [6.45, 7) is 3.59. The van der Waals surface area contributed by atoms with Crippen LogP contribution in [0.2, 0.25) is 0 Å². The Labute approximate surface area is 230 Å². The Morgan fingerprint density at radius 3 is 2.27 bits per heavy atom. The van der Waals surface area contributed by atoms with Crippen LogP contribution < -0.4 is 10.6 Å². The van der Waals surface area contributed by atoms with Gasteiger partial charge in [-0.05, 0) is 49.2 Å². The van der Waals surface area contributed by atoms with E-state index in [0.29, 0.717) is 28.2 Å². The molecule has 4 aromatic rings. The van der Waals surface area contributed by atoms with Gasteiger partial charge in [-0.25, -0.2) is 14.0 Å². The fourth-order valence-electron chi connectivity index (χ4n) is 4.12. The second kappa shape index (κ2) is 12.2. The van der Waals surface area contributed by atoms with E-state index in [-0.39, 0.29) is 12.0 Å². The number of carbonyl (C=O) groups is 3. The van der Waals surface area contributed by atoms with Crippen molar-refractivity contribution < 1.29 is 28.6 Å². The predicted molar refractivity (Wildman–Crippen MR) is 147 cm³/mol. The topological polar surface area (TPSA) is 123 Å². The number of carbonyl (C=O) groups excluding carboxylic acids is 2. The molecule has 0 aliphatic heterocycles. The Morgan fingerprint density at radius 2 is 1.65 bits per heavy atom. The highest BCUT2D eigenvalue weighted by atomic mass is 19.1. The summed E-state index contributed by atoms with van der Waals surface area (Å²) in [4.78, 5) is 37.3. The van der Waals surface area contributed by atoms with Crippen LogP contribution in [0.4, 0.5) is 14.9 Å². The Bertz CT molecular complexity index is 1500. The number of aliphatic carboxylic acids is 1. The summed E-state index contributed by atoms with van der Waals surface area (Å²) >= 11 is 0. The number of benzene rings is 3.